The molecule has 9 nitrogen and oxygen atoms in total. The predicted octanol–water partition coefficient (Wildman–Crippen LogP) is 1.04. The van der Waals surface area contributed by atoms with E-state index < -0.39 is 17.1 Å². The van der Waals surface area contributed by atoms with E-state index in [2.05, 4.69) is 16.8 Å². The third kappa shape index (κ3) is 4.12. The first-order valence-electron chi connectivity index (χ1n) is 10.8. The van der Waals surface area contributed by atoms with Crippen molar-refractivity contribution < 1.29 is 9.13 Å². The van der Waals surface area contributed by atoms with Gasteiger partial charge in [0.1, 0.15) is 0 Å². The molecule has 0 spiro atoms. The van der Waals surface area contributed by atoms with Gasteiger partial charge in [0, 0.05) is 26.2 Å². The molecule has 2 aromatic heterocycles. The van der Waals surface area contributed by atoms with Crippen LogP contribution in [0.3, 0.4) is 0 Å². The number of aromatic nitrogens is 4. The van der Waals surface area contributed by atoms with Gasteiger partial charge in [-0.15, -0.1) is 5.92 Å². The van der Waals surface area contributed by atoms with E-state index in [4.69, 9.17) is 10.5 Å². The van der Waals surface area contributed by atoms with Gasteiger partial charge in [-0.05, 0) is 37.5 Å². The normalized spacial score (nSPS) is 16.0. The molecule has 2 N–H and O–H groups in total. The molecule has 10 heteroatoms. The quantitative estimate of drug-likeness (QED) is 0.579. The SMILES string of the molecule is CC#CCn1c(N2CCCC(N)C2)nc2c1c(=O)n(Cc1ccc(OC)c(F)c1)c(=O)n2C. The van der Waals surface area contributed by atoms with Crippen LogP contribution in [0.5, 0.6) is 5.75 Å². The Balaban J connectivity index is 1.89. The van der Waals surface area contributed by atoms with E-state index >= 15 is 0 Å². The predicted molar refractivity (Wildman–Crippen MR) is 124 cm³/mol. The average molecular weight is 455 g/mol. The lowest BCUT2D eigenvalue weighted by molar-refractivity contribution is 0.386. The summed E-state index contributed by atoms with van der Waals surface area (Å²) in [6.07, 6.45) is 1.84. The summed E-state index contributed by atoms with van der Waals surface area (Å²) >= 11 is 0. The Labute approximate surface area is 190 Å². The molecule has 3 aromatic rings. The van der Waals surface area contributed by atoms with Crippen LogP contribution < -0.4 is 26.6 Å². The molecule has 1 aliphatic heterocycles. The minimum Gasteiger partial charge on any atom is -0.494 e. The number of hydrogen-bond acceptors (Lipinski definition) is 6. The monoisotopic (exact) mass is 454 g/mol. The van der Waals surface area contributed by atoms with Crippen LogP contribution >= 0.6 is 0 Å². The van der Waals surface area contributed by atoms with E-state index in [1.54, 1.807) is 24.6 Å². The number of piperidine rings is 1. The smallest absolute Gasteiger partial charge is 0.332 e. The van der Waals surface area contributed by atoms with Crippen molar-refractivity contribution in [3.63, 3.8) is 0 Å². The minimum atomic E-state index is -0.562. The van der Waals surface area contributed by atoms with Crippen molar-refractivity contribution in [3.8, 4) is 17.6 Å². The van der Waals surface area contributed by atoms with Gasteiger partial charge in [-0.3, -0.25) is 18.5 Å². The van der Waals surface area contributed by atoms with Gasteiger partial charge in [-0.1, -0.05) is 12.0 Å². The molecule has 1 fully saturated rings. The third-order valence-electron chi connectivity index (χ3n) is 5.92. The van der Waals surface area contributed by atoms with Crippen molar-refractivity contribution in [1.82, 2.24) is 18.7 Å². The minimum absolute atomic E-state index is 0.00900. The molecule has 0 radical (unpaired) electrons. The number of aryl methyl sites for hydroxylation is 1. The molecule has 1 saturated heterocycles. The number of nitrogens with two attached hydrogens (primary N) is 1. The maximum atomic E-state index is 14.2. The summed E-state index contributed by atoms with van der Waals surface area (Å²) in [5.74, 6) is 5.96. The zero-order chi connectivity index (χ0) is 23.7. The number of imidazole rings is 1. The number of nitrogens with zero attached hydrogens (tertiary/aromatic N) is 5. The number of ether oxygens (including phenoxy) is 1. The van der Waals surface area contributed by atoms with Gasteiger partial charge < -0.3 is 15.4 Å². The number of fused-ring (bicyclic) bond motifs is 1. The largest absolute Gasteiger partial charge is 0.494 e. The fourth-order valence-electron chi connectivity index (χ4n) is 4.23. The number of hydrogen-bond donors (Lipinski definition) is 1. The Morgan fingerprint density at radius 2 is 2.09 bits per heavy atom. The summed E-state index contributed by atoms with van der Waals surface area (Å²) in [5.41, 5.74) is 6.17. The van der Waals surface area contributed by atoms with Crippen LogP contribution in [0.2, 0.25) is 0 Å². The van der Waals surface area contributed by atoms with Gasteiger partial charge in [0.05, 0.1) is 20.2 Å². The van der Waals surface area contributed by atoms with Gasteiger partial charge >= 0.3 is 5.69 Å². The van der Waals surface area contributed by atoms with Gasteiger partial charge in [-0.25, -0.2) is 9.18 Å². The van der Waals surface area contributed by atoms with Crippen LogP contribution in [0.25, 0.3) is 11.2 Å². The molecule has 1 unspecified atom stereocenters. The van der Waals surface area contributed by atoms with E-state index in [9.17, 15) is 14.0 Å². The summed E-state index contributed by atoms with van der Waals surface area (Å²) < 4.78 is 23.3. The zero-order valence-corrected chi connectivity index (χ0v) is 19.0. The topological polar surface area (TPSA) is 100 Å². The lowest BCUT2D eigenvalue weighted by Gasteiger charge is -2.31. The Kier molecular flexibility index (Phi) is 6.24. The van der Waals surface area contributed by atoms with Crippen molar-refractivity contribution >= 4 is 17.1 Å². The molecule has 33 heavy (non-hydrogen) atoms. The fourth-order valence-corrected chi connectivity index (χ4v) is 4.23. The van der Waals surface area contributed by atoms with Crippen molar-refractivity contribution in [3.05, 3.63) is 50.4 Å². The second kappa shape index (κ2) is 9.11. The molecule has 0 bridgehead atoms. The number of benzene rings is 1. The molecule has 1 aliphatic rings. The highest BCUT2D eigenvalue weighted by atomic mass is 19.1. The van der Waals surface area contributed by atoms with Crippen LogP contribution in [0.15, 0.2) is 27.8 Å². The lowest BCUT2D eigenvalue weighted by atomic mass is 10.1. The van der Waals surface area contributed by atoms with Crippen LogP contribution in [0.1, 0.15) is 25.3 Å². The van der Waals surface area contributed by atoms with E-state index in [1.807, 2.05) is 4.90 Å². The molecule has 0 saturated carbocycles. The zero-order valence-electron chi connectivity index (χ0n) is 19.0. The number of halogens is 1. The summed E-state index contributed by atoms with van der Waals surface area (Å²) in [6.45, 7) is 3.25. The number of anilines is 1. The van der Waals surface area contributed by atoms with Crippen LogP contribution in [0, 0.1) is 17.7 Å². The summed E-state index contributed by atoms with van der Waals surface area (Å²) in [6, 6.07) is 4.36. The van der Waals surface area contributed by atoms with Crippen molar-refractivity contribution in [2.75, 3.05) is 25.1 Å². The Bertz CT molecular complexity index is 1380. The number of methoxy groups -OCH3 is 1. The molecule has 0 amide bonds. The first kappa shape index (κ1) is 22.6. The highest BCUT2D eigenvalue weighted by Crippen LogP contribution is 2.23. The number of rotatable bonds is 5. The fraction of sp³-hybridized carbons (Fsp3) is 0.435. The van der Waals surface area contributed by atoms with Crippen LogP contribution in [-0.2, 0) is 20.1 Å². The van der Waals surface area contributed by atoms with Gasteiger partial charge in [0.15, 0.2) is 22.7 Å². The molecule has 4 rings (SSSR count). The summed E-state index contributed by atoms with van der Waals surface area (Å²) in [4.78, 5) is 33.3. The highest BCUT2D eigenvalue weighted by molar-refractivity contribution is 5.75. The summed E-state index contributed by atoms with van der Waals surface area (Å²) in [7, 11) is 2.95. The Morgan fingerprint density at radius 3 is 2.76 bits per heavy atom. The molecule has 3 heterocycles. The Morgan fingerprint density at radius 1 is 1.30 bits per heavy atom. The average Bonchev–Trinajstić information content (AvgIpc) is 3.19. The molecular formula is C23H27FN6O3. The van der Waals surface area contributed by atoms with Crippen LogP contribution in [0.4, 0.5) is 10.3 Å². The van der Waals surface area contributed by atoms with Gasteiger partial charge in [0.2, 0.25) is 5.95 Å². The van der Waals surface area contributed by atoms with Crippen LogP contribution in [-0.4, -0.2) is 44.9 Å². The van der Waals surface area contributed by atoms with Crippen molar-refractivity contribution in [2.45, 2.75) is 38.9 Å². The van der Waals surface area contributed by atoms with Crippen molar-refractivity contribution in [2.24, 2.45) is 12.8 Å². The van der Waals surface area contributed by atoms with Gasteiger partial charge in [0.25, 0.3) is 5.56 Å². The summed E-state index contributed by atoms with van der Waals surface area (Å²) in [5, 5.41) is 0. The second-order valence-electron chi connectivity index (χ2n) is 8.15. The third-order valence-corrected chi connectivity index (χ3v) is 5.92. The molecule has 1 atom stereocenters. The van der Waals surface area contributed by atoms with Gasteiger partial charge in [-0.2, -0.15) is 4.98 Å². The standard InChI is InChI=1S/C23H27FN6O3/c1-4-5-11-29-19-20(26-22(29)28-10-6-7-16(25)14-28)27(2)23(32)30(21(19)31)13-15-8-9-18(33-3)17(24)12-15/h8-9,12,16H,6-7,10-11,13-14,25H2,1-3H3. The van der Waals surface area contributed by atoms with E-state index in [1.165, 1.54) is 23.8 Å². The molecule has 1 aromatic carbocycles. The maximum absolute atomic E-state index is 14.2. The first-order chi connectivity index (χ1) is 15.8. The van der Waals surface area contributed by atoms with E-state index in [0.717, 1.165) is 24.0 Å². The second-order valence-corrected chi connectivity index (χ2v) is 8.15. The van der Waals surface area contributed by atoms with Crippen molar-refractivity contribution in [1.29, 1.82) is 0 Å². The molecular weight excluding hydrogens is 427 g/mol. The Hall–Kier alpha value is -3.58. The molecule has 174 valence electrons. The molecule has 0 aliphatic carbocycles. The van der Waals surface area contributed by atoms with E-state index in [0.29, 0.717) is 18.1 Å². The maximum Gasteiger partial charge on any atom is 0.332 e. The highest BCUT2D eigenvalue weighted by Gasteiger charge is 2.26. The first-order valence-corrected chi connectivity index (χ1v) is 10.8. The van der Waals surface area contributed by atoms with E-state index in [-0.39, 0.29) is 36.0 Å². The lowest BCUT2D eigenvalue weighted by Crippen LogP contribution is -2.44.